The first kappa shape index (κ1) is 7.98. The van der Waals surface area contributed by atoms with Crippen LogP contribution in [0.25, 0.3) is 0 Å². The van der Waals surface area contributed by atoms with E-state index in [0.29, 0.717) is 5.92 Å². The van der Waals surface area contributed by atoms with Crippen LogP contribution in [0.3, 0.4) is 0 Å². The Morgan fingerprint density at radius 3 is 2.90 bits per heavy atom. The van der Waals surface area contributed by atoms with Crippen molar-refractivity contribution >= 4 is 0 Å². The van der Waals surface area contributed by atoms with Gasteiger partial charge in [-0.3, -0.25) is 0 Å². The first-order valence-corrected chi connectivity index (χ1v) is 3.79. The summed E-state index contributed by atoms with van der Waals surface area (Å²) in [6, 6.07) is 0.209. The lowest BCUT2D eigenvalue weighted by Crippen LogP contribution is -2.46. The van der Waals surface area contributed by atoms with Crippen molar-refractivity contribution in [3.8, 4) is 0 Å². The second kappa shape index (κ2) is 3.32. The van der Waals surface area contributed by atoms with E-state index in [-0.39, 0.29) is 12.6 Å². The second-order valence-electron chi connectivity index (χ2n) is 3.16. The zero-order chi connectivity index (χ0) is 7.56. The van der Waals surface area contributed by atoms with Crippen LogP contribution in [-0.2, 0) is 0 Å². The van der Waals surface area contributed by atoms with Crippen molar-refractivity contribution in [1.29, 1.82) is 0 Å². The topological polar surface area (TPSA) is 49.5 Å². The van der Waals surface area contributed by atoms with Crippen LogP contribution in [-0.4, -0.2) is 42.8 Å². The quantitative estimate of drug-likeness (QED) is 0.509. The van der Waals surface area contributed by atoms with Gasteiger partial charge in [0, 0.05) is 25.1 Å². The molecule has 3 N–H and O–H groups in total. The van der Waals surface area contributed by atoms with Crippen molar-refractivity contribution in [2.45, 2.75) is 12.5 Å². The molecule has 1 rings (SSSR count). The van der Waals surface area contributed by atoms with E-state index in [1.807, 2.05) is 0 Å². The molecule has 2 atom stereocenters. The number of aliphatic hydroxyl groups is 1. The first-order valence-electron chi connectivity index (χ1n) is 3.79. The summed E-state index contributed by atoms with van der Waals surface area (Å²) in [5.41, 5.74) is 5.77. The van der Waals surface area contributed by atoms with Crippen molar-refractivity contribution in [2.24, 2.45) is 11.7 Å². The van der Waals surface area contributed by atoms with Gasteiger partial charge < -0.3 is 15.7 Å². The van der Waals surface area contributed by atoms with Crippen LogP contribution in [0.1, 0.15) is 6.42 Å². The Kier molecular flexibility index (Phi) is 2.65. The molecule has 0 bridgehead atoms. The van der Waals surface area contributed by atoms with Gasteiger partial charge in [-0.25, -0.2) is 0 Å². The average molecular weight is 144 g/mol. The van der Waals surface area contributed by atoms with Gasteiger partial charge in [-0.15, -0.1) is 0 Å². The van der Waals surface area contributed by atoms with Crippen LogP contribution in [0.4, 0.5) is 0 Å². The standard InChI is InChI=1S/C7H16N2O/c1-9-3-2-7(8)6(4-9)5-10/h6-7,10H,2-5,8H2,1H3/t6-,7-/m1/s1. The van der Waals surface area contributed by atoms with Gasteiger partial charge in [-0.1, -0.05) is 0 Å². The lowest BCUT2D eigenvalue weighted by molar-refractivity contribution is 0.120. The predicted octanol–water partition coefficient (Wildman–Crippen LogP) is -0.742. The van der Waals surface area contributed by atoms with E-state index in [2.05, 4.69) is 11.9 Å². The largest absolute Gasteiger partial charge is 0.396 e. The van der Waals surface area contributed by atoms with Gasteiger partial charge in [0.15, 0.2) is 0 Å². The van der Waals surface area contributed by atoms with Crippen LogP contribution in [0, 0.1) is 5.92 Å². The summed E-state index contributed by atoms with van der Waals surface area (Å²) < 4.78 is 0. The Bertz CT molecular complexity index is 108. The highest BCUT2D eigenvalue weighted by Crippen LogP contribution is 2.12. The molecule has 3 heteroatoms. The highest BCUT2D eigenvalue weighted by molar-refractivity contribution is 4.80. The van der Waals surface area contributed by atoms with Crippen molar-refractivity contribution in [3.05, 3.63) is 0 Å². The van der Waals surface area contributed by atoms with E-state index in [1.54, 1.807) is 0 Å². The van der Waals surface area contributed by atoms with Crippen molar-refractivity contribution in [2.75, 3.05) is 26.7 Å². The molecule has 0 unspecified atom stereocenters. The maximum Gasteiger partial charge on any atom is 0.0486 e. The molecular formula is C7H16N2O. The fourth-order valence-corrected chi connectivity index (χ4v) is 1.43. The molecule has 0 radical (unpaired) electrons. The van der Waals surface area contributed by atoms with Gasteiger partial charge in [0.1, 0.15) is 0 Å². The summed E-state index contributed by atoms with van der Waals surface area (Å²) in [6.45, 7) is 2.24. The summed E-state index contributed by atoms with van der Waals surface area (Å²) in [4.78, 5) is 2.21. The fourth-order valence-electron chi connectivity index (χ4n) is 1.43. The number of rotatable bonds is 1. The smallest absolute Gasteiger partial charge is 0.0486 e. The number of likely N-dealkylation sites (tertiary alicyclic amines) is 1. The summed E-state index contributed by atoms with van der Waals surface area (Å²) >= 11 is 0. The van der Waals surface area contributed by atoms with Crippen molar-refractivity contribution < 1.29 is 5.11 Å². The molecule has 60 valence electrons. The van der Waals surface area contributed by atoms with Crippen LogP contribution < -0.4 is 5.73 Å². The molecule has 1 saturated heterocycles. The van der Waals surface area contributed by atoms with E-state index >= 15 is 0 Å². The molecule has 0 aromatic heterocycles. The maximum atomic E-state index is 8.87. The highest BCUT2D eigenvalue weighted by Gasteiger charge is 2.23. The van der Waals surface area contributed by atoms with Gasteiger partial charge in [-0.05, 0) is 20.0 Å². The lowest BCUT2D eigenvalue weighted by Gasteiger charge is -2.33. The lowest BCUT2D eigenvalue weighted by atomic mass is 9.94. The zero-order valence-corrected chi connectivity index (χ0v) is 6.45. The van der Waals surface area contributed by atoms with Crippen molar-refractivity contribution in [1.82, 2.24) is 4.90 Å². The number of nitrogens with two attached hydrogens (primary N) is 1. The van der Waals surface area contributed by atoms with Crippen LogP contribution in [0.15, 0.2) is 0 Å². The minimum Gasteiger partial charge on any atom is -0.396 e. The maximum absolute atomic E-state index is 8.87. The van der Waals surface area contributed by atoms with Crippen LogP contribution in [0.2, 0.25) is 0 Å². The molecule has 1 heterocycles. The molecule has 10 heavy (non-hydrogen) atoms. The summed E-state index contributed by atoms with van der Waals surface area (Å²) in [5.74, 6) is 0.291. The highest BCUT2D eigenvalue weighted by atomic mass is 16.3. The molecular weight excluding hydrogens is 128 g/mol. The molecule has 1 fully saturated rings. The van der Waals surface area contributed by atoms with Crippen LogP contribution >= 0.6 is 0 Å². The van der Waals surface area contributed by atoms with Gasteiger partial charge in [0.25, 0.3) is 0 Å². The second-order valence-corrected chi connectivity index (χ2v) is 3.16. The van der Waals surface area contributed by atoms with Crippen LogP contribution in [0.5, 0.6) is 0 Å². The molecule has 0 aromatic carbocycles. The van der Waals surface area contributed by atoms with Gasteiger partial charge in [0.2, 0.25) is 0 Å². The minimum absolute atomic E-state index is 0.209. The van der Waals surface area contributed by atoms with Gasteiger partial charge in [0.05, 0.1) is 0 Å². The number of hydrogen-bond acceptors (Lipinski definition) is 3. The monoisotopic (exact) mass is 144 g/mol. The van der Waals surface area contributed by atoms with E-state index in [1.165, 1.54) is 0 Å². The number of piperidine rings is 1. The van der Waals surface area contributed by atoms with E-state index in [9.17, 15) is 0 Å². The Morgan fingerprint density at radius 2 is 2.40 bits per heavy atom. The summed E-state index contributed by atoms with van der Waals surface area (Å²) in [7, 11) is 2.06. The molecule has 1 aliphatic heterocycles. The fraction of sp³-hybridized carbons (Fsp3) is 1.00. The third-order valence-electron chi connectivity index (χ3n) is 2.23. The molecule has 3 nitrogen and oxygen atoms in total. The summed E-state index contributed by atoms with van der Waals surface area (Å²) in [6.07, 6.45) is 1.02. The Balaban J connectivity index is 2.38. The predicted molar refractivity (Wildman–Crippen MR) is 40.7 cm³/mol. The Morgan fingerprint density at radius 1 is 1.70 bits per heavy atom. The SMILES string of the molecule is CN1CC[C@@H](N)[C@@H](CO)C1. The Hall–Kier alpha value is -0.120. The minimum atomic E-state index is 0.209. The molecule has 0 saturated carbocycles. The van der Waals surface area contributed by atoms with Gasteiger partial charge in [-0.2, -0.15) is 0 Å². The third kappa shape index (κ3) is 1.68. The molecule has 0 aliphatic carbocycles. The number of aliphatic hydroxyl groups excluding tert-OH is 1. The van der Waals surface area contributed by atoms with Crippen molar-refractivity contribution in [3.63, 3.8) is 0 Å². The van der Waals surface area contributed by atoms with E-state index in [0.717, 1.165) is 19.5 Å². The third-order valence-corrected chi connectivity index (χ3v) is 2.23. The molecule has 0 aromatic rings. The van der Waals surface area contributed by atoms with Gasteiger partial charge >= 0.3 is 0 Å². The van der Waals surface area contributed by atoms with E-state index < -0.39 is 0 Å². The van der Waals surface area contributed by atoms with E-state index in [4.69, 9.17) is 10.8 Å². The molecule has 0 amide bonds. The molecule has 0 spiro atoms. The normalized spacial score (nSPS) is 36.3. The Labute approximate surface area is 61.8 Å². The first-order chi connectivity index (χ1) is 4.74. The summed E-state index contributed by atoms with van der Waals surface area (Å²) in [5, 5.41) is 8.87. The average Bonchev–Trinajstić information content (AvgIpc) is 1.94. The number of hydrogen-bond donors (Lipinski definition) is 2. The molecule has 1 aliphatic rings. The number of nitrogens with zero attached hydrogens (tertiary/aromatic N) is 1. The zero-order valence-electron chi connectivity index (χ0n) is 6.45.